The average Bonchev–Trinajstić information content (AvgIpc) is 2.17. The fourth-order valence-corrected chi connectivity index (χ4v) is 1.74. The maximum absolute atomic E-state index is 11.0. The van der Waals surface area contributed by atoms with Crippen LogP contribution in [-0.2, 0) is 9.53 Å². The molecule has 0 aromatic heterocycles. The number of carbonyl (C=O) groups excluding carboxylic acids is 1. The molecule has 0 saturated heterocycles. The second-order valence-corrected chi connectivity index (χ2v) is 4.02. The van der Waals surface area contributed by atoms with E-state index in [0.717, 1.165) is 6.42 Å². The van der Waals surface area contributed by atoms with Crippen molar-refractivity contribution < 1.29 is 9.53 Å². The summed E-state index contributed by atoms with van der Waals surface area (Å²) in [5.74, 6) is 0.316. The number of carbonyl (C=O) groups is 1. The maximum atomic E-state index is 11.0. The zero-order valence-corrected chi connectivity index (χ0v) is 9.06. The summed E-state index contributed by atoms with van der Waals surface area (Å²) >= 11 is 1.51. The van der Waals surface area contributed by atoms with Gasteiger partial charge in [-0.15, -0.1) is 11.8 Å². The fourth-order valence-electron chi connectivity index (χ4n) is 0.776. The molecule has 0 aliphatic rings. The number of nitriles is 1. The number of hydrogen-bond acceptors (Lipinski definition) is 4. The molecule has 0 aliphatic heterocycles. The molecule has 2 atom stereocenters. The van der Waals surface area contributed by atoms with E-state index < -0.39 is 0 Å². The second kappa shape index (κ2) is 6.79. The van der Waals surface area contributed by atoms with Crippen LogP contribution in [0.5, 0.6) is 0 Å². The third-order valence-corrected chi connectivity index (χ3v) is 3.20. The molecule has 0 rings (SSSR count). The molecule has 0 spiro atoms. The van der Waals surface area contributed by atoms with E-state index in [0.29, 0.717) is 5.75 Å². The molecule has 4 heteroatoms. The van der Waals surface area contributed by atoms with Gasteiger partial charge in [-0.25, -0.2) is 0 Å². The van der Waals surface area contributed by atoms with Gasteiger partial charge in [-0.1, -0.05) is 13.8 Å². The van der Waals surface area contributed by atoms with Crippen molar-refractivity contribution in [1.29, 1.82) is 5.26 Å². The third kappa shape index (κ3) is 4.79. The first-order chi connectivity index (χ1) is 6.15. The SMILES string of the molecule is CCC(C#N)SCC(C)C(=O)OC. The standard InChI is InChI=1S/C9H15NO2S/c1-4-8(5-10)13-6-7(2)9(11)12-3/h7-8H,4,6H2,1-3H3. The Kier molecular flexibility index (Phi) is 6.43. The summed E-state index contributed by atoms with van der Waals surface area (Å²) < 4.78 is 4.58. The molecule has 0 radical (unpaired) electrons. The van der Waals surface area contributed by atoms with Gasteiger partial charge in [-0.3, -0.25) is 4.79 Å². The summed E-state index contributed by atoms with van der Waals surface area (Å²) in [6.45, 7) is 3.77. The lowest BCUT2D eigenvalue weighted by atomic mass is 10.2. The summed E-state index contributed by atoms with van der Waals surface area (Å²) in [6, 6.07) is 2.17. The van der Waals surface area contributed by atoms with Crippen LogP contribution in [0.4, 0.5) is 0 Å². The van der Waals surface area contributed by atoms with E-state index in [9.17, 15) is 4.79 Å². The Hall–Kier alpha value is -0.690. The Bertz CT molecular complexity index is 200. The van der Waals surface area contributed by atoms with Crippen molar-refractivity contribution in [3.63, 3.8) is 0 Å². The first-order valence-corrected chi connectivity index (χ1v) is 5.29. The number of methoxy groups -OCH3 is 1. The highest BCUT2D eigenvalue weighted by Crippen LogP contribution is 2.17. The van der Waals surface area contributed by atoms with Gasteiger partial charge < -0.3 is 4.74 Å². The molecule has 0 N–H and O–H groups in total. The summed E-state index contributed by atoms with van der Waals surface area (Å²) in [5, 5.41) is 8.64. The highest BCUT2D eigenvalue weighted by molar-refractivity contribution is 8.00. The lowest BCUT2D eigenvalue weighted by molar-refractivity contribution is -0.143. The molecule has 2 unspecified atom stereocenters. The smallest absolute Gasteiger partial charge is 0.309 e. The van der Waals surface area contributed by atoms with Gasteiger partial charge in [0.05, 0.1) is 24.3 Å². The fraction of sp³-hybridized carbons (Fsp3) is 0.778. The van der Waals surface area contributed by atoms with Gasteiger partial charge in [0, 0.05) is 5.75 Å². The van der Waals surface area contributed by atoms with Gasteiger partial charge in [-0.05, 0) is 6.42 Å². The average molecular weight is 201 g/mol. The Balaban J connectivity index is 3.75. The van der Waals surface area contributed by atoms with Gasteiger partial charge in [0.25, 0.3) is 0 Å². The molecule has 13 heavy (non-hydrogen) atoms. The molecular formula is C9H15NO2S. The zero-order valence-electron chi connectivity index (χ0n) is 8.24. The van der Waals surface area contributed by atoms with E-state index in [-0.39, 0.29) is 17.1 Å². The minimum Gasteiger partial charge on any atom is -0.469 e. The van der Waals surface area contributed by atoms with Crippen LogP contribution in [0.3, 0.4) is 0 Å². The van der Waals surface area contributed by atoms with Crippen LogP contribution in [0.25, 0.3) is 0 Å². The van der Waals surface area contributed by atoms with Crippen LogP contribution in [0.15, 0.2) is 0 Å². The van der Waals surface area contributed by atoms with Crippen molar-refractivity contribution in [3.05, 3.63) is 0 Å². The molecule has 0 amide bonds. The molecular weight excluding hydrogens is 186 g/mol. The summed E-state index contributed by atoms with van der Waals surface area (Å²) in [6.07, 6.45) is 0.815. The van der Waals surface area contributed by atoms with Crippen molar-refractivity contribution in [2.24, 2.45) is 5.92 Å². The van der Waals surface area contributed by atoms with E-state index in [1.807, 2.05) is 13.8 Å². The minimum absolute atomic E-state index is 0.00731. The van der Waals surface area contributed by atoms with Gasteiger partial charge in [-0.2, -0.15) is 5.26 Å². The number of ether oxygens (including phenoxy) is 1. The maximum Gasteiger partial charge on any atom is 0.309 e. The van der Waals surface area contributed by atoms with Crippen molar-refractivity contribution in [2.75, 3.05) is 12.9 Å². The monoisotopic (exact) mass is 201 g/mol. The predicted molar refractivity (Wildman–Crippen MR) is 53.3 cm³/mol. The van der Waals surface area contributed by atoms with Crippen molar-refractivity contribution >= 4 is 17.7 Å². The third-order valence-electron chi connectivity index (χ3n) is 1.67. The van der Waals surface area contributed by atoms with Crippen molar-refractivity contribution in [3.8, 4) is 6.07 Å². The number of thioether (sulfide) groups is 1. The molecule has 0 heterocycles. The molecule has 74 valence electrons. The first-order valence-electron chi connectivity index (χ1n) is 4.24. The van der Waals surface area contributed by atoms with Gasteiger partial charge in [0.15, 0.2) is 0 Å². The van der Waals surface area contributed by atoms with Crippen LogP contribution in [0.1, 0.15) is 20.3 Å². The van der Waals surface area contributed by atoms with Crippen molar-refractivity contribution in [1.82, 2.24) is 0 Å². The van der Waals surface area contributed by atoms with Crippen molar-refractivity contribution in [2.45, 2.75) is 25.5 Å². The van der Waals surface area contributed by atoms with Crippen LogP contribution in [-0.4, -0.2) is 24.1 Å². The Morgan fingerprint density at radius 2 is 2.31 bits per heavy atom. The molecule has 0 aromatic carbocycles. The van der Waals surface area contributed by atoms with Crippen LogP contribution in [0, 0.1) is 17.2 Å². The van der Waals surface area contributed by atoms with E-state index in [1.54, 1.807) is 0 Å². The Morgan fingerprint density at radius 3 is 2.69 bits per heavy atom. The highest BCUT2D eigenvalue weighted by atomic mass is 32.2. The Morgan fingerprint density at radius 1 is 1.69 bits per heavy atom. The predicted octanol–water partition coefficient (Wildman–Crippen LogP) is 1.83. The molecule has 3 nitrogen and oxygen atoms in total. The quantitative estimate of drug-likeness (QED) is 0.637. The highest BCUT2D eigenvalue weighted by Gasteiger charge is 2.15. The van der Waals surface area contributed by atoms with E-state index >= 15 is 0 Å². The van der Waals surface area contributed by atoms with Gasteiger partial charge >= 0.3 is 5.97 Å². The topological polar surface area (TPSA) is 50.1 Å². The van der Waals surface area contributed by atoms with Crippen LogP contribution < -0.4 is 0 Å². The summed E-state index contributed by atoms with van der Waals surface area (Å²) in [7, 11) is 1.38. The van der Waals surface area contributed by atoms with E-state index in [4.69, 9.17) is 5.26 Å². The zero-order chi connectivity index (χ0) is 10.3. The van der Waals surface area contributed by atoms with Crippen LogP contribution >= 0.6 is 11.8 Å². The summed E-state index contributed by atoms with van der Waals surface area (Å²) in [5.41, 5.74) is 0. The van der Waals surface area contributed by atoms with Gasteiger partial charge in [0.1, 0.15) is 0 Å². The molecule has 0 bridgehead atoms. The lowest BCUT2D eigenvalue weighted by Crippen LogP contribution is -2.16. The van der Waals surface area contributed by atoms with E-state index in [2.05, 4.69) is 10.8 Å². The summed E-state index contributed by atoms with van der Waals surface area (Å²) in [4.78, 5) is 11.0. The number of hydrogen-bond donors (Lipinski definition) is 0. The first kappa shape index (κ1) is 12.3. The Labute approximate surface area is 83.4 Å². The molecule has 0 saturated carbocycles. The minimum atomic E-state index is -0.208. The second-order valence-electron chi connectivity index (χ2n) is 2.78. The van der Waals surface area contributed by atoms with E-state index in [1.165, 1.54) is 18.9 Å². The number of nitrogens with zero attached hydrogens (tertiary/aromatic N) is 1. The number of esters is 1. The van der Waals surface area contributed by atoms with Crippen LogP contribution in [0.2, 0.25) is 0 Å². The lowest BCUT2D eigenvalue weighted by Gasteiger charge is -2.10. The molecule has 0 aromatic rings. The normalized spacial score (nSPS) is 14.3. The molecule has 0 fully saturated rings. The molecule has 0 aliphatic carbocycles. The number of rotatable bonds is 5. The largest absolute Gasteiger partial charge is 0.469 e. The van der Waals surface area contributed by atoms with Gasteiger partial charge in [0.2, 0.25) is 0 Å².